The SMILES string of the molecule is CC(C)c1nc(-c2ccncc2)sc1C(C)N. The lowest BCUT2D eigenvalue weighted by Crippen LogP contribution is -2.06. The summed E-state index contributed by atoms with van der Waals surface area (Å²) in [5.74, 6) is 0.405. The van der Waals surface area contributed by atoms with Gasteiger partial charge >= 0.3 is 0 Å². The van der Waals surface area contributed by atoms with Crippen molar-refractivity contribution in [2.75, 3.05) is 0 Å². The Bertz CT molecular complexity index is 463. The van der Waals surface area contributed by atoms with Crippen LogP contribution < -0.4 is 5.73 Å². The summed E-state index contributed by atoms with van der Waals surface area (Å²) in [5, 5.41) is 1.03. The average molecular weight is 247 g/mol. The van der Waals surface area contributed by atoms with Crippen LogP contribution in [0, 0.1) is 0 Å². The molecule has 1 unspecified atom stereocenters. The van der Waals surface area contributed by atoms with Crippen molar-refractivity contribution in [1.29, 1.82) is 0 Å². The Morgan fingerprint density at radius 2 is 1.82 bits per heavy atom. The predicted octanol–water partition coefficient (Wildman–Crippen LogP) is 3.35. The molecule has 0 amide bonds. The molecule has 2 rings (SSSR count). The second-order valence-corrected chi connectivity index (χ2v) is 5.48. The molecule has 0 aliphatic rings. The summed E-state index contributed by atoms with van der Waals surface area (Å²) in [4.78, 5) is 9.92. The third-order valence-electron chi connectivity index (χ3n) is 2.57. The van der Waals surface area contributed by atoms with Gasteiger partial charge in [-0.05, 0) is 25.0 Å². The first-order valence-corrected chi connectivity index (χ1v) is 6.58. The molecule has 2 heterocycles. The van der Waals surface area contributed by atoms with E-state index in [4.69, 9.17) is 10.7 Å². The Labute approximate surface area is 106 Å². The zero-order chi connectivity index (χ0) is 12.4. The molecule has 3 nitrogen and oxygen atoms in total. The number of nitrogens with zero attached hydrogens (tertiary/aromatic N) is 2. The number of aromatic nitrogens is 2. The van der Waals surface area contributed by atoms with Gasteiger partial charge in [-0.1, -0.05) is 13.8 Å². The Morgan fingerprint density at radius 1 is 1.18 bits per heavy atom. The highest BCUT2D eigenvalue weighted by atomic mass is 32.1. The van der Waals surface area contributed by atoms with Crippen molar-refractivity contribution in [2.45, 2.75) is 32.7 Å². The zero-order valence-corrected chi connectivity index (χ0v) is 11.2. The van der Waals surface area contributed by atoms with Gasteiger partial charge in [-0.25, -0.2) is 4.98 Å². The number of pyridine rings is 1. The van der Waals surface area contributed by atoms with E-state index in [1.54, 1.807) is 23.7 Å². The maximum atomic E-state index is 6.00. The van der Waals surface area contributed by atoms with E-state index in [1.807, 2.05) is 19.1 Å². The largest absolute Gasteiger partial charge is 0.323 e. The van der Waals surface area contributed by atoms with Crippen LogP contribution in [-0.4, -0.2) is 9.97 Å². The molecule has 0 saturated carbocycles. The highest BCUT2D eigenvalue weighted by Gasteiger charge is 2.17. The quantitative estimate of drug-likeness (QED) is 0.905. The molecule has 0 radical (unpaired) electrons. The minimum Gasteiger partial charge on any atom is -0.323 e. The van der Waals surface area contributed by atoms with Gasteiger partial charge in [0.25, 0.3) is 0 Å². The van der Waals surface area contributed by atoms with Crippen LogP contribution in [0.1, 0.15) is 43.3 Å². The van der Waals surface area contributed by atoms with E-state index in [9.17, 15) is 0 Å². The maximum Gasteiger partial charge on any atom is 0.124 e. The molecular formula is C13H17N3S. The van der Waals surface area contributed by atoms with Gasteiger partial charge < -0.3 is 5.73 Å². The second-order valence-electron chi connectivity index (χ2n) is 4.45. The number of nitrogens with two attached hydrogens (primary N) is 1. The second kappa shape index (κ2) is 4.94. The lowest BCUT2D eigenvalue weighted by atomic mass is 10.1. The first kappa shape index (κ1) is 12.2. The summed E-state index contributed by atoms with van der Waals surface area (Å²) in [7, 11) is 0. The van der Waals surface area contributed by atoms with Gasteiger partial charge in [0.1, 0.15) is 5.01 Å². The molecule has 2 aromatic heterocycles. The van der Waals surface area contributed by atoms with Crippen LogP contribution in [0.4, 0.5) is 0 Å². The first-order valence-electron chi connectivity index (χ1n) is 5.76. The van der Waals surface area contributed by atoms with E-state index in [0.717, 1.165) is 16.3 Å². The monoisotopic (exact) mass is 247 g/mol. The van der Waals surface area contributed by atoms with Crippen molar-refractivity contribution < 1.29 is 0 Å². The highest BCUT2D eigenvalue weighted by Crippen LogP contribution is 2.34. The Hall–Kier alpha value is -1.26. The van der Waals surface area contributed by atoms with Gasteiger partial charge in [-0.3, -0.25) is 4.98 Å². The van der Waals surface area contributed by atoms with Gasteiger partial charge in [0, 0.05) is 28.9 Å². The summed E-state index contributed by atoms with van der Waals surface area (Å²) in [6.45, 7) is 6.31. The molecule has 0 aliphatic carbocycles. The number of hydrogen-bond acceptors (Lipinski definition) is 4. The van der Waals surface area contributed by atoms with Crippen LogP contribution in [0.25, 0.3) is 10.6 Å². The minimum atomic E-state index is 0.0421. The van der Waals surface area contributed by atoms with E-state index in [2.05, 4.69) is 18.8 Å². The topological polar surface area (TPSA) is 51.8 Å². The molecule has 0 aromatic carbocycles. The van der Waals surface area contributed by atoms with Crippen LogP contribution in [-0.2, 0) is 0 Å². The number of rotatable bonds is 3. The normalized spacial score (nSPS) is 13.0. The molecule has 1 atom stereocenters. The van der Waals surface area contributed by atoms with E-state index in [-0.39, 0.29) is 6.04 Å². The molecule has 2 aromatic rings. The summed E-state index contributed by atoms with van der Waals surface area (Å²) in [5.41, 5.74) is 8.23. The summed E-state index contributed by atoms with van der Waals surface area (Å²) in [6, 6.07) is 4.00. The maximum absolute atomic E-state index is 6.00. The minimum absolute atomic E-state index is 0.0421. The molecule has 90 valence electrons. The molecule has 2 N–H and O–H groups in total. The van der Waals surface area contributed by atoms with Gasteiger partial charge in [0.15, 0.2) is 0 Å². The fourth-order valence-corrected chi connectivity index (χ4v) is 2.88. The van der Waals surface area contributed by atoms with Crippen molar-refractivity contribution in [3.63, 3.8) is 0 Å². The lowest BCUT2D eigenvalue weighted by molar-refractivity contribution is 0.763. The standard InChI is InChI=1S/C13H17N3S/c1-8(2)11-12(9(3)14)17-13(16-11)10-4-6-15-7-5-10/h4-9H,14H2,1-3H3. The fraction of sp³-hybridized carbons (Fsp3) is 0.385. The molecule has 0 spiro atoms. The summed E-state index contributed by atoms with van der Waals surface area (Å²) >= 11 is 1.69. The summed E-state index contributed by atoms with van der Waals surface area (Å²) in [6.07, 6.45) is 3.58. The van der Waals surface area contributed by atoms with Crippen molar-refractivity contribution >= 4 is 11.3 Å². The van der Waals surface area contributed by atoms with Crippen LogP contribution in [0.3, 0.4) is 0 Å². The van der Waals surface area contributed by atoms with Crippen LogP contribution in [0.5, 0.6) is 0 Å². The predicted molar refractivity (Wildman–Crippen MR) is 72.0 cm³/mol. The Morgan fingerprint density at radius 3 is 2.29 bits per heavy atom. The average Bonchev–Trinajstić information content (AvgIpc) is 2.75. The first-order chi connectivity index (χ1) is 8.09. The zero-order valence-electron chi connectivity index (χ0n) is 10.3. The van der Waals surface area contributed by atoms with Crippen molar-refractivity contribution in [3.05, 3.63) is 35.1 Å². The molecule has 4 heteroatoms. The molecule has 0 bridgehead atoms. The third-order valence-corrected chi connectivity index (χ3v) is 3.89. The van der Waals surface area contributed by atoms with Gasteiger partial charge in [0.2, 0.25) is 0 Å². The highest BCUT2D eigenvalue weighted by molar-refractivity contribution is 7.15. The molecular weight excluding hydrogens is 230 g/mol. The fourth-order valence-electron chi connectivity index (χ4n) is 1.70. The van der Waals surface area contributed by atoms with Crippen molar-refractivity contribution in [3.8, 4) is 10.6 Å². The van der Waals surface area contributed by atoms with Crippen LogP contribution in [0.15, 0.2) is 24.5 Å². The Kier molecular flexibility index (Phi) is 3.54. The molecule has 0 saturated heterocycles. The molecule has 0 fully saturated rings. The van der Waals surface area contributed by atoms with Crippen molar-refractivity contribution in [2.24, 2.45) is 5.73 Å². The summed E-state index contributed by atoms with van der Waals surface area (Å²) < 4.78 is 0. The smallest absolute Gasteiger partial charge is 0.124 e. The van der Waals surface area contributed by atoms with E-state index in [0.29, 0.717) is 5.92 Å². The number of thiazole rings is 1. The van der Waals surface area contributed by atoms with Crippen LogP contribution >= 0.6 is 11.3 Å². The van der Waals surface area contributed by atoms with E-state index < -0.39 is 0 Å². The number of hydrogen-bond donors (Lipinski definition) is 1. The third kappa shape index (κ3) is 2.53. The van der Waals surface area contributed by atoms with E-state index >= 15 is 0 Å². The molecule has 0 aliphatic heterocycles. The van der Waals surface area contributed by atoms with Gasteiger partial charge in [0.05, 0.1) is 5.69 Å². The Balaban J connectivity index is 2.48. The molecule has 17 heavy (non-hydrogen) atoms. The van der Waals surface area contributed by atoms with Crippen molar-refractivity contribution in [1.82, 2.24) is 9.97 Å². The van der Waals surface area contributed by atoms with E-state index in [1.165, 1.54) is 4.88 Å². The lowest BCUT2D eigenvalue weighted by Gasteiger charge is -2.07. The van der Waals surface area contributed by atoms with Gasteiger partial charge in [-0.15, -0.1) is 11.3 Å². The van der Waals surface area contributed by atoms with Crippen LogP contribution in [0.2, 0.25) is 0 Å². The van der Waals surface area contributed by atoms with Gasteiger partial charge in [-0.2, -0.15) is 0 Å².